The number of fused-ring (bicyclic) bond motifs is 1. The number of nitrogens with one attached hydrogen (secondary N) is 1. The molecule has 3 aromatic rings. The van der Waals surface area contributed by atoms with Crippen LogP contribution in [0.1, 0.15) is 12.5 Å². The van der Waals surface area contributed by atoms with Gasteiger partial charge in [0.15, 0.2) is 5.82 Å². The molecule has 10 nitrogen and oxygen atoms in total. The summed E-state index contributed by atoms with van der Waals surface area (Å²) in [7, 11) is 1.57. The lowest BCUT2D eigenvalue weighted by molar-refractivity contribution is -0.383. The first-order chi connectivity index (χ1) is 14.5. The monoisotopic (exact) mass is 424 g/mol. The van der Waals surface area contributed by atoms with Crippen molar-refractivity contribution in [3.63, 3.8) is 0 Å². The van der Waals surface area contributed by atoms with Crippen LogP contribution in [0.3, 0.4) is 0 Å². The fraction of sp³-hybridized carbons (Fsp3) is 0.158. The van der Waals surface area contributed by atoms with Crippen LogP contribution in [0.5, 0.6) is 5.75 Å². The van der Waals surface area contributed by atoms with Crippen molar-refractivity contribution in [2.24, 2.45) is 5.10 Å². The van der Waals surface area contributed by atoms with Gasteiger partial charge in [-0.3, -0.25) is 14.9 Å². The number of anilines is 1. The number of nitro benzene ring substituents is 1. The van der Waals surface area contributed by atoms with Crippen LogP contribution in [0.4, 0.5) is 11.4 Å². The van der Waals surface area contributed by atoms with E-state index in [1.54, 1.807) is 17.9 Å². The van der Waals surface area contributed by atoms with Crippen LogP contribution in [0.2, 0.25) is 0 Å². The van der Waals surface area contributed by atoms with Crippen molar-refractivity contribution >= 4 is 34.8 Å². The SMILES string of the molecule is COc1ccccc1-c1nnc2n1N=C(c1ccc(NC(C)=O)c([N+](=O)[O-])c1)CS2. The predicted molar refractivity (Wildman–Crippen MR) is 112 cm³/mol. The normalized spacial score (nSPS) is 12.7. The molecule has 0 unspecified atom stereocenters. The second kappa shape index (κ2) is 7.95. The van der Waals surface area contributed by atoms with Gasteiger partial charge < -0.3 is 10.1 Å². The quantitative estimate of drug-likeness (QED) is 0.493. The van der Waals surface area contributed by atoms with Gasteiger partial charge in [-0.25, -0.2) is 0 Å². The van der Waals surface area contributed by atoms with Gasteiger partial charge in [0.1, 0.15) is 11.4 Å². The van der Waals surface area contributed by atoms with Gasteiger partial charge in [-0.05, 0) is 18.2 Å². The van der Waals surface area contributed by atoms with Crippen LogP contribution < -0.4 is 10.1 Å². The van der Waals surface area contributed by atoms with Crippen LogP contribution in [0.15, 0.2) is 52.7 Å². The van der Waals surface area contributed by atoms with E-state index in [9.17, 15) is 14.9 Å². The third kappa shape index (κ3) is 3.62. The molecule has 1 aliphatic heterocycles. The summed E-state index contributed by atoms with van der Waals surface area (Å²) in [5.74, 6) is 1.24. The van der Waals surface area contributed by atoms with Crippen molar-refractivity contribution in [1.82, 2.24) is 14.9 Å². The Balaban J connectivity index is 1.78. The number of nitro groups is 1. The molecule has 0 bridgehead atoms. The molecule has 0 radical (unpaired) electrons. The molecule has 1 N–H and O–H groups in total. The van der Waals surface area contributed by atoms with Gasteiger partial charge in [0.05, 0.1) is 23.3 Å². The van der Waals surface area contributed by atoms with E-state index in [4.69, 9.17) is 4.74 Å². The minimum Gasteiger partial charge on any atom is -0.496 e. The lowest BCUT2D eigenvalue weighted by atomic mass is 10.1. The third-order valence-corrected chi connectivity index (χ3v) is 5.29. The van der Waals surface area contributed by atoms with Crippen molar-refractivity contribution in [1.29, 1.82) is 0 Å². The molecule has 0 aliphatic carbocycles. The Morgan fingerprint density at radius 3 is 2.80 bits per heavy atom. The van der Waals surface area contributed by atoms with Crippen molar-refractivity contribution in [3.05, 3.63) is 58.1 Å². The summed E-state index contributed by atoms with van der Waals surface area (Å²) >= 11 is 1.43. The zero-order valence-electron chi connectivity index (χ0n) is 16.0. The Morgan fingerprint density at radius 2 is 2.07 bits per heavy atom. The molecule has 1 aromatic heterocycles. The minimum atomic E-state index is -0.532. The van der Waals surface area contributed by atoms with Crippen molar-refractivity contribution in [2.75, 3.05) is 18.2 Å². The summed E-state index contributed by atoms with van der Waals surface area (Å²) in [5, 5.41) is 27.6. The summed E-state index contributed by atoms with van der Waals surface area (Å²) in [6.07, 6.45) is 0. The highest BCUT2D eigenvalue weighted by Crippen LogP contribution is 2.34. The smallest absolute Gasteiger partial charge is 0.293 e. The molecule has 0 atom stereocenters. The molecular weight excluding hydrogens is 408 g/mol. The third-order valence-electron chi connectivity index (χ3n) is 4.36. The van der Waals surface area contributed by atoms with E-state index < -0.39 is 4.92 Å². The Morgan fingerprint density at radius 1 is 1.27 bits per heavy atom. The molecule has 4 rings (SSSR count). The molecule has 0 fully saturated rings. The van der Waals surface area contributed by atoms with E-state index in [2.05, 4.69) is 20.6 Å². The first-order valence-electron chi connectivity index (χ1n) is 8.84. The Hall–Kier alpha value is -3.73. The largest absolute Gasteiger partial charge is 0.496 e. The molecule has 0 spiro atoms. The fourth-order valence-corrected chi connectivity index (χ4v) is 3.86. The topological polar surface area (TPSA) is 125 Å². The molecule has 30 heavy (non-hydrogen) atoms. The average molecular weight is 424 g/mol. The molecule has 152 valence electrons. The number of nitrogens with zero attached hydrogens (tertiary/aromatic N) is 5. The number of benzene rings is 2. The molecule has 11 heteroatoms. The number of thioether (sulfide) groups is 1. The number of para-hydroxylation sites is 1. The van der Waals surface area contributed by atoms with Crippen molar-refractivity contribution in [3.8, 4) is 17.1 Å². The van der Waals surface area contributed by atoms with Crippen molar-refractivity contribution in [2.45, 2.75) is 12.1 Å². The van der Waals surface area contributed by atoms with E-state index >= 15 is 0 Å². The van der Waals surface area contributed by atoms with E-state index in [1.807, 2.05) is 24.3 Å². The maximum Gasteiger partial charge on any atom is 0.293 e. The Kier molecular flexibility index (Phi) is 5.19. The number of methoxy groups -OCH3 is 1. The molecular formula is C19H16N6O4S. The van der Waals surface area contributed by atoms with Gasteiger partial charge in [0.25, 0.3) is 5.69 Å². The maximum atomic E-state index is 11.5. The standard InChI is InChI=1S/C19H16N6O4S/c1-11(26)20-14-8-7-12(9-16(14)25(27)28)15-10-30-19-22-21-18(24(19)23-15)13-5-3-4-6-17(13)29-2/h3-9H,10H2,1-2H3,(H,20,26). The molecule has 0 saturated heterocycles. The van der Waals surface area contributed by atoms with E-state index in [0.29, 0.717) is 33.8 Å². The van der Waals surface area contributed by atoms with E-state index in [1.165, 1.54) is 30.8 Å². The molecule has 2 aromatic carbocycles. The van der Waals surface area contributed by atoms with Gasteiger partial charge in [-0.2, -0.15) is 9.78 Å². The number of hydrogen-bond acceptors (Lipinski definition) is 8. The summed E-state index contributed by atoms with van der Waals surface area (Å²) in [4.78, 5) is 22.3. The maximum absolute atomic E-state index is 11.5. The second-order valence-electron chi connectivity index (χ2n) is 6.32. The number of rotatable bonds is 5. The highest BCUT2D eigenvalue weighted by Gasteiger charge is 2.24. The van der Waals surface area contributed by atoms with Crippen molar-refractivity contribution < 1.29 is 14.5 Å². The van der Waals surface area contributed by atoms with Crippen LogP contribution in [-0.2, 0) is 4.79 Å². The number of ether oxygens (including phenoxy) is 1. The summed E-state index contributed by atoms with van der Waals surface area (Å²) < 4.78 is 7.02. The van der Waals surface area contributed by atoms with Gasteiger partial charge in [-0.1, -0.05) is 30.0 Å². The highest BCUT2D eigenvalue weighted by atomic mass is 32.2. The molecule has 1 aliphatic rings. The zero-order chi connectivity index (χ0) is 21.3. The van der Waals surface area contributed by atoms with Gasteiger partial charge in [0, 0.05) is 24.3 Å². The van der Waals surface area contributed by atoms with E-state index in [0.717, 1.165) is 5.56 Å². The number of amides is 1. The second-order valence-corrected chi connectivity index (χ2v) is 7.27. The number of carbonyl (C=O) groups is 1. The Bertz CT molecular complexity index is 1190. The molecule has 2 heterocycles. The van der Waals surface area contributed by atoms with Crippen LogP contribution in [0.25, 0.3) is 11.4 Å². The van der Waals surface area contributed by atoms with Gasteiger partial charge in [-0.15, -0.1) is 10.2 Å². The Labute approximate surface area is 175 Å². The van der Waals surface area contributed by atoms with E-state index in [-0.39, 0.29) is 17.3 Å². The first-order valence-corrected chi connectivity index (χ1v) is 9.82. The lowest BCUT2D eigenvalue weighted by Gasteiger charge is -2.15. The summed E-state index contributed by atoms with van der Waals surface area (Å²) in [6.45, 7) is 1.30. The van der Waals surface area contributed by atoms with Gasteiger partial charge >= 0.3 is 0 Å². The number of aromatic nitrogens is 3. The lowest BCUT2D eigenvalue weighted by Crippen LogP contribution is -2.15. The fourth-order valence-electron chi connectivity index (χ4n) is 3.02. The zero-order valence-corrected chi connectivity index (χ0v) is 16.8. The molecule has 1 amide bonds. The average Bonchev–Trinajstić information content (AvgIpc) is 3.16. The predicted octanol–water partition coefficient (Wildman–Crippen LogP) is 3.18. The highest BCUT2D eigenvalue weighted by molar-refractivity contribution is 7.99. The number of carbonyl (C=O) groups excluding carboxylic acids is 1. The van der Waals surface area contributed by atoms with Crippen LogP contribution >= 0.6 is 11.8 Å². The first kappa shape index (κ1) is 19.6. The summed E-state index contributed by atoms with van der Waals surface area (Å²) in [5.41, 5.74) is 1.88. The summed E-state index contributed by atoms with van der Waals surface area (Å²) in [6, 6.07) is 12.0. The van der Waals surface area contributed by atoms with Gasteiger partial charge in [0.2, 0.25) is 11.1 Å². The van der Waals surface area contributed by atoms with Crippen LogP contribution in [-0.4, -0.2) is 44.3 Å². The van der Waals surface area contributed by atoms with Crippen LogP contribution in [0, 0.1) is 10.1 Å². The number of hydrogen-bond donors (Lipinski definition) is 1. The molecule has 0 saturated carbocycles. The minimum absolute atomic E-state index is 0.139.